The predicted molar refractivity (Wildman–Crippen MR) is 578 cm³/mol. The van der Waals surface area contributed by atoms with E-state index >= 15 is 0 Å². The number of carbonyl (C=O) groups excluding carboxylic acids is 2. The average molecular weight is 1950 g/mol. The van der Waals surface area contributed by atoms with E-state index in [4.69, 9.17) is 27.2 Å². The Hall–Kier alpha value is -18.2. The van der Waals surface area contributed by atoms with Crippen LogP contribution in [0.5, 0.6) is 0 Å². The molecule has 145 heavy (non-hydrogen) atoms. The van der Waals surface area contributed by atoms with Gasteiger partial charge in [0.2, 0.25) is 0 Å². The smallest absolute Gasteiger partial charge is 0.310 e. The molecular formula is C125H103Cl2N5O13. The third-order valence-corrected chi connectivity index (χ3v) is 25.1. The van der Waals surface area contributed by atoms with E-state index < -0.39 is 53.3 Å². The molecular weight excluding hydrogens is 1850 g/mol. The van der Waals surface area contributed by atoms with Crippen LogP contribution in [-0.4, -0.2) is 42.7 Å². The molecule has 0 saturated carbocycles. The van der Waals surface area contributed by atoms with Gasteiger partial charge in [-0.05, 0) is 118 Å². The first-order valence-electron chi connectivity index (χ1n) is 46.2. The Labute approximate surface area is 853 Å². The SMILES string of the molecule is CC(=O)O.CC(=O)OC(C)=O.Cl.ClC(c1ccccc1)(c1ccccc1)c1ccccc1.Nc1ccc(C(c2ccccc2)(c2ccccc2)c2ccccc2)cc1.O=[N+]([O-])c1ccc(C(c2ccc([N+](=O)[O-])cc2)(c2ccc([N+](=O)[O-])cc2)c2ccc([N+](=O)[O-])cc2)cc1.c1ccc(C(c2ccccc2)(c2ccccc2)c2ccccc2)cc1.c1ccc(C(c2ccccc2)(c2ccccc2)c2ccccc2)cc1. The normalized spacial score (nSPS) is 10.8. The summed E-state index contributed by atoms with van der Waals surface area (Å²) < 4.78 is 3.97. The second kappa shape index (κ2) is 51.1. The number of carboxylic acid groups (broad SMARTS) is 1. The second-order valence-electron chi connectivity index (χ2n) is 33.2. The van der Waals surface area contributed by atoms with Gasteiger partial charge < -0.3 is 15.6 Å². The highest BCUT2D eigenvalue weighted by molar-refractivity contribution is 6.28. The molecule has 0 aromatic heterocycles. The molecule has 0 saturated heterocycles. The van der Waals surface area contributed by atoms with Crippen molar-refractivity contribution in [1.82, 2.24) is 0 Å². The molecule has 0 heterocycles. The van der Waals surface area contributed by atoms with E-state index in [0.717, 1.165) is 29.3 Å². The van der Waals surface area contributed by atoms with Gasteiger partial charge >= 0.3 is 11.9 Å². The molecule has 0 radical (unpaired) electrons. The lowest BCUT2D eigenvalue weighted by Gasteiger charge is -2.36. The van der Waals surface area contributed by atoms with Crippen molar-refractivity contribution >= 4 is 70.4 Å². The number of aliphatic carboxylic acids is 1. The average Bonchev–Trinajstić information content (AvgIpc) is 0.719. The zero-order chi connectivity index (χ0) is 102. The summed E-state index contributed by atoms with van der Waals surface area (Å²) in [6.07, 6.45) is 0. The molecule has 20 heteroatoms. The maximum Gasteiger partial charge on any atom is 0.310 e. The van der Waals surface area contributed by atoms with Crippen molar-refractivity contribution < 1.29 is 43.9 Å². The number of rotatable bonds is 23. The summed E-state index contributed by atoms with van der Waals surface area (Å²) in [7, 11) is 0. The number of halogens is 2. The molecule has 19 aromatic rings. The highest BCUT2D eigenvalue weighted by Crippen LogP contribution is 2.51. The Morgan fingerprint density at radius 3 is 0.421 bits per heavy atom. The van der Waals surface area contributed by atoms with E-state index in [1.165, 1.54) is 178 Å². The summed E-state index contributed by atoms with van der Waals surface area (Å²) in [5.74, 6) is -1.96. The Balaban J connectivity index is 0.000000159. The van der Waals surface area contributed by atoms with Crippen molar-refractivity contribution in [2.75, 3.05) is 5.73 Å². The zero-order valence-electron chi connectivity index (χ0n) is 79.5. The number of nitrogens with zero attached hydrogens (tertiary/aromatic N) is 4. The van der Waals surface area contributed by atoms with Gasteiger partial charge in [-0.3, -0.25) is 54.8 Å². The first kappa shape index (κ1) is 106. The molecule has 0 aliphatic rings. The van der Waals surface area contributed by atoms with Gasteiger partial charge in [0, 0.05) is 75.0 Å². The van der Waals surface area contributed by atoms with Crippen LogP contribution in [0.1, 0.15) is 126 Å². The fourth-order valence-corrected chi connectivity index (χ4v) is 18.7. The number of carboxylic acids is 1. The van der Waals surface area contributed by atoms with Crippen LogP contribution in [0.4, 0.5) is 28.4 Å². The van der Waals surface area contributed by atoms with Gasteiger partial charge in [0.05, 0.1) is 41.4 Å². The molecule has 3 N–H and O–H groups in total. The topological polar surface area (TPSA) is 279 Å². The van der Waals surface area contributed by atoms with Crippen molar-refractivity contribution in [3.8, 4) is 0 Å². The number of alkyl halides is 1. The molecule has 0 aliphatic heterocycles. The van der Waals surface area contributed by atoms with E-state index in [0.29, 0.717) is 22.3 Å². The standard InChI is InChI=1S/C25H16N4O8.C25H21N.2C25H20.C19H15Cl.C4H6O3.C2H4O2.ClH/c30-26(31)21-9-1-17(2-10-21)25(18-3-11-22(12-4-18)27(32)33,19-5-13-23(14-6-19)28(34)35)20-7-15-24(16-8-20)29(36)37;26-24-18-16-23(17-19-24)25(20-10-4-1-5-11-20,21-12-6-2-7-13-21)22-14-8-3-9-15-22;2*1-5-13-21(14-6-1)25(22-15-7-2-8-16-22,23-17-9-3-10-18-23)24-19-11-4-12-20-24;20-19(16-10-4-1-5-11-16,17-12-6-2-7-13-17)18-14-8-3-9-15-18;1-3(5)7-4(2)6;1-2(3)4;/h1-16H;1-19H,26H2;2*1-20H;1-15H;1-2H3;1H3,(H,3,4);1H. The van der Waals surface area contributed by atoms with Crippen molar-refractivity contribution in [2.45, 2.75) is 47.3 Å². The quantitative estimate of drug-likeness (QED) is 0.0115. The van der Waals surface area contributed by atoms with E-state index in [2.05, 4.69) is 387 Å². The third-order valence-electron chi connectivity index (χ3n) is 24.5. The van der Waals surface area contributed by atoms with E-state index in [1.807, 2.05) is 66.7 Å². The van der Waals surface area contributed by atoms with Crippen LogP contribution in [-0.2, 0) is 45.7 Å². The van der Waals surface area contributed by atoms with Crippen molar-refractivity contribution in [3.05, 3.63) is 692 Å². The highest BCUT2D eigenvalue weighted by Gasteiger charge is 2.44. The Morgan fingerprint density at radius 1 is 0.214 bits per heavy atom. The monoisotopic (exact) mass is 1950 g/mol. The highest BCUT2D eigenvalue weighted by atomic mass is 35.5. The lowest BCUT2D eigenvalue weighted by Crippen LogP contribution is -2.31. The lowest BCUT2D eigenvalue weighted by atomic mass is 9.65. The van der Waals surface area contributed by atoms with Gasteiger partial charge in [-0.2, -0.15) is 0 Å². The number of nitrogens with two attached hydrogens (primary N) is 1. The van der Waals surface area contributed by atoms with Gasteiger partial charge in [0.1, 0.15) is 4.87 Å². The van der Waals surface area contributed by atoms with Gasteiger partial charge in [-0.25, -0.2) is 0 Å². The minimum absolute atomic E-state index is 0. The van der Waals surface area contributed by atoms with E-state index in [-0.39, 0.29) is 46.0 Å². The molecule has 720 valence electrons. The lowest BCUT2D eigenvalue weighted by molar-refractivity contribution is -0.385. The number of nitro groups is 4. The predicted octanol–water partition coefficient (Wildman–Crippen LogP) is 29.3. The summed E-state index contributed by atoms with van der Waals surface area (Å²) >= 11 is 7.12. The number of nitro benzene ring substituents is 4. The van der Waals surface area contributed by atoms with Crippen LogP contribution in [0.15, 0.2) is 546 Å². The van der Waals surface area contributed by atoms with E-state index in [1.54, 1.807) is 0 Å². The Kier molecular flexibility index (Phi) is 37.2. The first-order chi connectivity index (χ1) is 70.0. The number of nitrogen functional groups attached to an aromatic ring is 1. The maximum absolute atomic E-state index is 11.3. The molecule has 18 nitrogen and oxygen atoms in total. The van der Waals surface area contributed by atoms with Gasteiger partial charge in [0.15, 0.2) is 0 Å². The summed E-state index contributed by atoms with van der Waals surface area (Å²) in [6, 6.07) is 180. The van der Waals surface area contributed by atoms with Crippen LogP contribution in [0.25, 0.3) is 0 Å². The molecule has 0 amide bonds. The number of hydrogen-bond acceptors (Lipinski definition) is 13. The number of hydrogen-bond donors (Lipinski definition) is 2. The Morgan fingerprint density at radius 2 is 0.317 bits per heavy atom. The van der Waals surface area contributed by atoms with E-state index in [9.17, 15) is 50.0 Å². The molecule has 19 aromatic carbocycles. The van der Waals surface area contributed by atoms with Crippen LogP contribution >= 0.6 is 24.0 Å². The minimum atomic E-state index is -1.30. The summed E-state index contributed by atoms with van der Waals surface area (Å²) in [5, 5.41) is 52.6. The van der Waals surface area contributed by atoms with Crippen LogP contribution in [0, 0.1) is 40.5 Å². The summed E-state index contributed by atoms with van der Waals surface area (Å²) in [4.78, 5) is 70.9. The number of benzene rings is 19. The summed E-state index contributed by atoms with van der Waals surface area (Å²) in [5.41, 5.74) is 24.1. The maximum atomic E-state index is 11.3. The molecule has 19 rings (SSSR count). The molecule has 0 spiro atoms. The van der Waals surface area contributed by atoms with Gasteiger partial charge in [-0.1, -0.05) is 485 Å². The summed E-state index contributed by atoms with van der Waals surface area (Å²) in [6.45, 7) is 3.45. The molecule has 0 fully saturated rings. The van der Waals surface area contributed by atoms with Crippen molar-refractivity contribution in [2.24, 2.45) is 0 Å². The molecule has 0 aliphatic carbocycles. The van der Waals surface area contributed by atoms with Crippen LogP contribution < -0.4 is 5.73 Å². The Bertz CT molecular complexity index is 6380. The van der Waals surface area contributed by atoms with Gasteiger partial charge in [0.25, 0.3) is 28.7 Å². The first-order valence-corrected chi connectivity index (χ1v) is 46.6. The largest absolute Gasteiger partial charge is 0.481 e. The number of carbonyl (C=O) groups is 3. The number of esters is 2. The fraction of sp³-hybridized carbons (Fsp3) is 0.0640. The second-order valence-corrected chi connectivity index (χ2v) is 33.8. The molecule has 0 bridgehead atoms. The van der Waals surface area contributed by atoms with Crippen LogP contribution in [0.2, 0.25) is 0 Å². The van der Waals surface area contributed by atoms with Gasteiger partial charge in [-0.15, -0.1) is 24.0 Å². The zero-order valence-corrected chi connectivity index (χ0v) is 81.0. The fourth-order valence-electron chi connectivity index (χ4n) is 18.3. The number of non-ortho nitro benzene ring substituents is 4. The number of anilines is 1. The number of ether oxygens (including phenoxy) is 1. The van der Waals surface area contributed by atoms with Crippen LogP contribution in [0.3, 0.4) is 0 Å². The third kappa shape index (κ3) is 25.0. The molecule has 0 atom stereocenters. The minimum Gasteiger partial charge on any atom is -0.481 e. The van der Waals surface area contributed by atoms with Crippen molar-refractivity contribution in [1.29, 1.82) is 0 Å². The molecule has 0 unspecified atom stereocenters. The van der Waals surface area contributed by atoms with Crippen molar-refractivity contribution in [3.63, 3.8) is 0 Å².